The molecule has 0 aromatic carbocycles. The van der Waals surface area contributed by atoms with E-state index in [1.807, 2.05) is 26.0 Å². The van der Waals surface area contributed by atoms with E-state index in [4.69, 9.17) is 9.84 Å². The molecule has 4 N–H and O–H groups in total. The zero-order valence-corrected chi connectivity index (χ0v) is 21.1. The van der Waals surface area contributed by atoms with Crippen molar-refractivity contribution in [3.63, 3.8) is 0 Å². The first-order chi connectivity index (χ1) is 14.1. The van der Waals surface area contributed by atoms with E-state index < -0.39 is 30.4 Å². The van der Waals surface area contributed by atoms with E-state index in [2.05, 4.69) is 13.0 Å². The Balaban J connectivity index is 0.00000480. The molecule has 2 aliphatic carbocycles. The van der Waals surface area contributed by atoms with Crippen LogP contribution in [0.2, 0.25) is 0 Å². The standard InChI is InChI=1S/C23H36O7.Na/c1-4-13(2)23(29)30-20-11-17(25)9-15-6-5-14(3)19(22(15)20)8-7-16(24)10-18(26)12-21(27)28;/h5-6,9,13-14,16-20,22,24-26H,4,7-8,10-12H2,1-3H3,(H,27,28);/q;+1/t13?,14-,16+,17+,18+,19-,20-,22?;/m0./s1. The summed E-state index contributed by atoms with van der Waals surface area (Å²) >= 11 is 0. The van der Waals surface area contributed by atoms with Crippen molar-refractivity contribution in [3.8, 4) is 0 Å². The van der Waals surface area contributed by atoms with Crippen molar-refractivity contribution in [2.75, 3.05) is 0 Å². The molecule has 0 fully saturated rings. The van der Waals surface area contributed by atoms with Crippen molar-refractivity contribution in [1.29, 1.82) is 0 Å². The number of aliphatic carboxylic acids is 1. The predicted octanol–water partition coefficient (Wildman–Crippen LogP) is -0.556. The van der Waals surface area contributed by atoms with E-state index in [1.54, 1.807) is 0 Å². The number of fused-ring (bicyclic) bond motifs is 1. The molecule has 0 aromatic heterocycles. The van der Waals surface area contributed by atoms with E-state index in [0.29, 0.717) is 25.7 Å². The molecule has 2 rings (SSSR count). The summed E-state index contributed by atoms with van der Waals surface area (Å²) in [6, 6.07) is 0. The van der Waals surface area contributed by atoms with Crippen LogP contribution >= 0.6 is 0 Å². The van der Waals surface area contributed by atoms with Gasteiger partial charge >= 0.3 is 41.5 Å². The van der Waals surface area contributed by atoms with Gasteiger partial charge in [0.15, 0.2) is 0 Å². The molecule has 0 aliphatic heterocycles. The fourth-order valence-corrected chi connectivity index (χ4v) is 4.52. The van der Waals surface area contributed by atoms with Crippen LogP contribution in [0, 0.1) is 23.7 Å². The molecule has 8 heteroatoms. The van der Waals surface area contributed by atoms with E-state index >= 15 is 0 Å². The molecule has 0 saturated carbocycles. The van der Waals surface area contributed by atoms with Gasteiger partial charge in [0.1, 0.15) is 6.10 Å². The van der Waals surface area contributed by atoms with Crippen LogP contribution in [0.4, 0.5) is 0 Å². The largest absolute Gasteiger partial charge is 1.00 e. The van der Waals surface area contributed by atoms with Crippen LogP contribution in [0.15, 0.2) is 23.8 Å². The van der Waals surface area contributed by atoms with Crippen LogP contribution in [-0.2, 0) is 14.3 Å². The van der Waals surface area contributed by atoms with Crippen molar-refractivity contribution >= 4 is 11.9 Å². The number of esters is 1. The maximum absolute atomic E-state index is 12.4. The molecule has 7 nitrogen and oxygen atoms in total. The molecule has 2 unspecified atom stereocenters. The normalized spacial score (nSPS) is 30.3. The number of ether oxygens (including phenoxy) is 1. The molecular weight excluding hydrogens is 411 g/mol. The number of hydrogen-bond acceptors (Lipinski definition) is 6. The van der Waals surface area contributed by atoms with Crippen LogP contribution < -0.4 is 29.6 Å². The van der Waals surface area contributed by atoms with Gasteiger partial charge < -0.3 is 25.2 Å². The third-order valence-electron chi connectivity index (χ3n) is 6.44. The molecule has 0 saturated heterocycles. The van der Waals surface area contributed by atoms with Gasteiger partial charge in [-0.3, -0.25) is 9.59 Å². The van der Waals surface area contributed by atoms with Gasteiger partial charge in [0.25, 0.3) is 0 Å². The summed E-state index contributed by atoms with van der Waals surface area (Å²) in [6.45, 7) is 5.85. The Kier molecular flexibility index (Phi) is 12.0. The summed E-state index contributed by atoms with van der Waals surface area (Å²) < 4.78 is 5.84. The Morgan fingerprint density at radius 3 is 2.55 bits per heavy atom. The smallest absolute Gasteiger partial charge is 0.481 e. The number of carboxylic acid groups (broad SMARTS) is 1. The maximum atomic E-state index is 12.4. The first kappa shape index (κ1) is 28.3. The number of carbonyl (C=O) groups is 2. The SMILES string of the molecule is CCC(C)C(=O)O[C@H]1C[C@H](O)C=C2C=C[C@H](C)[C@H](CC[C@@H](O)C[C@@H](O)CC(=O)O)C21.[Na+]. The molecule has 0 spiro atoms. The van der Waals surface area contributed by atoms with Gasteiger partial charge in [0.05, 0.1) is 30.7 Å². The molecule has 2 aliphatic rings. The summed E-state index contributed by atoms with van der Waals surface area (Å²) in [5.74, 6) is -1.31. The first-order valence-electron chi connectivity index (χ1n) is 11.0. The second-order valence-corrected chi connectivity index (χ2v) is 8.88. The Morgan fingerprint density at radius 1 is 1.26 bits per heavy atom. The van der Waals surface area contributed by atoms with Gasteiger partial charge in [-0.25, -0.2) is 0 Å². The number of carbonyl (C=O) groups excluding carboxylic acids is 1. The summed E-state index contributed by atoms with van der Waals surface area (Å²) in [4.78, 5) is 23.1. The van der Waals surface area contributed by atoms with Crippen molar-refractivity contribution in [3.05, 3.63) is 23.8 Å². The average molecular weight is 448 g/mol. The zero-order valence-electron chi connectivity index (χ0n) is 19.1. The monoisotopic (exact) mass is 447 g/mol. The third-order valence-corrected chi connectivity index (χ3v) is 6.44. The summed E-state index contributed by atoms with van der Waals surface area (Å²) in [5, 5.41) is 39.1. The topological polar surface area (TPSA) is 124 Å². The summed E-state index contributed by atoms with van der Waals surface area (Å²) in [5.41, 5.74) is 0.958. The molecule has 170 valence electrons. The van der Waals surface area contributed by atoms with Crippen molar-refractivity contribution in [2.24, 2.45) is 23.7 Å². The molecule has 8 atom stereocenters. The Labute approximate surface area is 206 Å². The second-order valence-electron chi connectivity index (χ2n) is 8.88. The van der Waals surface area contributed by atoms with Gasteiger partial charge in [0.2, 0.25) is 0 Å². The predicted molar refractivity (Wildman–Crippen MR) is 111 cm³/mol. The van der Waals surface area contributed by atoms with Gasteiger partial charge in [-0.2, -0.15) is 0 Å². The van der Waals surface area contributed by atoms with Gasteiger partial charge in [-0.15, -0.1) is 0 Å². The van der Waals surface area contributed by atoms with Crippen molar-refractivity contribution in [1.82, 2.24) is 0 Å². The number of allylic oxidation sites excluding steroid dienone is 2. The number of aliphatic hydroxyl groups excluding tert-OH is 3. The van der Waals surface area contributed by atoms with E-state index in [9.17, 15) is 24.9 Å². The average Bonchev–Trinajstić information content (AvgIpc) is 2.65. The van der Waals surface area contributed by atoms with Crippen LogP contribution in [0.3, 0.4) is 0 Å². The van der Waals surface area contributed by atoms with Crippen molar-refractivity contribution < 1.29 is 64.3 Å². The van der Waals surface area contributed by atoms with Crippen molar-refractivity contribution in [2.45, 2.75) is 83.7 Å². The van der Waals surface area contributed by atoms with Crippen LogP contribution in [-0.4, -0.2) is 56.8 Å². The number of hydrogen-bond donors (Lipinski definition) is 4. The molecule has 0 amide bonds. The molecule has 31 heavy (non-hydrogen) atoms. The minimum absolute atomic E-state index is 0. The molecular formula is C23H36NaO7+. The number of rotatable bonds is 10. The minimum Gasteiger partial charge on any atom is -0.481 e. The Hall–Kier alpha value is -0.700. The summed E-state index contributed by atoms with van der Waals surface area (Å²) in [7, 11) is 0. The minimum atomic E-state index is -1.10. The van der Waals surface area contributed by atoms with Gasteiger partial charge in [-0.1, -0.05) is 39.0 Å². The first-order valence-corrected chi connectivity index (χ1v) is 11.0. The van der Waals surface area contributed by atoms with E-state index in [1.165, 1.54) is 0 Å². The maximum Gasteiger partial charge on any atom is 1.00 e. The van der Waals surface area contributed by atoms with Gasteiger partial charge in [-0.05, 0) is 43.1 Å². The molecule has 0 heterocycles. The molecule has 0 aromatic rings. The third kappa shape index (κ3) is 8.30. The second kappa shape index (κ2) is 13.1. The fraction of sp³-hybridized carbons (Fsp3) is 0.739. The van der Waals surface area contributed by atoms with E-state index in [-0.39, 0.29) is 72.0 Å². The van der Waals surface area contributed by atoms with Gasteiger partial charge in [0, 0.05) is 12.3 Å². The van der Waals surface area contributed by atoms with E-state index in [0.717, 1.165) is 5.57 Å². The van der Waals surface area contributed by atoms with Crippen LogP contribution in [0.5, 0.6) is 0 Å². The molecule has 0 bridgehead atoms. The van der Waals surface area contributed by atoms with Crippen LogP contribution in [0.25, 0.3) is 0 Å². The number of carboxylic acids is 1. The fourth-order valence-electron chi connectivity index (χ4n) is 4.52. The number of aliphatic hydroxyl groups is 3. The molecule has 0 radical (unpaired) electrons. The summed E-state index contributed by atoms with van der Waals surface area (Å²) in [6.07, 6.45) is 4.64. The quantitative estimate of drug-likeness (QED) is 0.262. The zero-order chi connectivity index (χ0) is 22.4. The Bertz CT molecular complexity index is 662. The Morgan fingerprint density at radius 2 is 1.94 bits per heavy atom. The van der Waals surface area contributed by atoms with Crippen LogP contribution in [0.1, 0.15) is 59.3 Å².